The van der Waals surface area contributed by atoms with Gasteiger partial charge in [-0.15, -0.1) is 0 Å². The average molecular weight is 259 g/mol. The molecular formula is C14H17N3O2. The summed E-state index contributed by atoms with van der Waals surface area (Å²) in [6, 6.07) is 7.67. The number of nitrogens with one attached hydrogen (secondary N) is 2. The number of anilines is 1. The fourth-order valence-electron chi connectivity index (χ4n) is 2.05. The number of hydrogen-bond acceptors (Lipinski definition) is 3. The Bertz CT molecular complexity index is 520. The van der Waals surface area contributed by atoms with E-state index < -0.39 is 0 Å². The van der Waals surface area contributed by atoms with Crippen LogP contribution >= 0.6 is 0 Å². The van der Waals surface area contributed by atoms with E-state index in [-0.39, 0.29) is 17.7 Å². The van der Waals surface area contributed by atoms with Crippen molar-refractivity contribution in [2.45, 2.75) is 32.6 Å². The Morgan fingerprint density at radius 1 is 1.32 bits per heavy atom. The summed E-state index contributed by atoms with van der Waals surface area (Å²) in [6.07, 6.45) is 1.19. The number of benzene rings is 1. The first-order valence-electron chi connectivity index (χ1n) is 6.29. The monoisotopic (exact) mass is 259 g/mol. The zero-order valence-corrected chi connectivity index (χ0v) is 11.1. The molecule has 1 aromatic carbocycles. The van der Waals surface area contributed by atoms with Crippen LogP contribution in [0.15, 0.2) is 29.4 Å². The maximum Gasteiger partial charge on any atom is 0.240 e. The lowest BCUT2D eigenvalue weighted by Gasteiger charge is -2.18. The van der Waals surface area contributed by atoms with Crippen LogP contribution < -0.4 is 10.7 Å². The zero-order valence-electron chi connectivity index (χ0n) is 11.1. The number of amides is 2. The summed E-state index contributed by atoms with van der Waals surface area (Å²) in [5.41, 5.74) is 5.39. The second kappa shape index (κ2) is 5.65. The van der Waals surface area contributed by atoms with Crippen LogP contribution in [0.4, 0.5) is 5.69 Å². The van der Waals surface area contributed by atoms with Crippen LogP contribution in [0.2, 0.25) is 0 Å². The van der Waals surface area contributed by atoms with Crippen molar-refractivity contribution in [2.24, 2.45) is 5.10 Å². The normalized spacial score (nSPS) is 16.3. The third-order valence-electron chi connectivity index (χ3n) is 3.16. The molecule has 19 heavy (non-hydrogen) atoms. The number of hydrogen-bond donors (Lipinski definition) is 2. The Labute approximate surface area is 112 Å². The van der Waals surface area contributed by atoms with Crippen molar-refractivity contribution in [3.63, 3.8) is 0 Å². The standard InChI is InChI=1S/C14H17N3O2/c1-9(13-7-8-14(19)17-16-13)11-3-5-12(6-4-11)15-10(2)18/h3-6,9H,7-8H2,1-2H3,(H,15,18)(H,17,19). The van der Waals surface area contributed by atoms with E-state index in [0.717, 1.165) is 17.0 Å². The maximum absolute atomic E-state index is 11.1. The molecule has 0 saturated carbocycles. The van der Waals surface area contributed by atoms with Crippen molar-refractivity contribution >= 4 is 23.2 Å². The Morgan fingerprint density at radius 2 is 2.00 bits per heavy atom. The summed E-state index contributed by atoms with van der Waals surface area (Å²) in [4.78, 5) is 22.0. The number of nitrogens with zero attached hydrogens (tertiary/aromatic N) is 1. The van der Waals surface area contributed by atoms with Crippen LogP contribution in [0, 0.1) is 0 Å². The molecule has 5 heteroatoms. The molecule has 0 fully saturated rings. The van der Waals surface area contributed by atoms with Gasteiger partial charge in [0.15, 0.2) is 0 Å². The van der Waals surface area contributed by atoms with Crippen LogP contribution in [0.1, 0.15) is 38.2 Å². The molecule has 0 aliphatic carbocycles. The molecule has 2 rings (SSSR count). The van der Waals surface area contributed by atoms with E-state index in [2.05, 4.69) is 22.8 Å². The van der Waals surface area contributed by atoms with Gasteiger partial charge in [0.2, 0.25) is 11.8 Å². The maximum atomic E-state index is 11.1. The number of hydrazone groups is 1. The Morgan fingerprint density at radius 3 is 2.53 bits per heavy atom. The molecule has 1 unspecified atom stereocenters. The van der Waals surface area contributed by atoms with Gasteiger partial charge in [-0.1, -0.05) is 19.1 Å². The van der Waals surface area contributed by atoms with E-state index >= 15 is 0 Å². The average Bonchev–Trinajstić information content (AvgIpc) is 2.39. The summed E-state index contributed by atoms with van der Waals surface area (Å²) in [6.45, 7) is 3.54. The lowest BCUT2D eigenvalue weighted by atomic mass is 9.92. The first-order chi connectivity index (χ1) is 9.06. The molecule has 1 atom stereocenters. The lowest BCUT2D eigenvalue weighted by Crippen LogP contribution is -2.27. The molecule has 2 amide bonds. The summed E-state index contributed by atoms with van der Waals surface area (Å²) in [5, 5.41) is 6.84. The van der Waals surface area contributed by atoms with Gasteiger partial charge in [0.25, 0.3) is 0 Å². The largest absolute Gasteiger partial charge is 0.326 e. The minimum Gasteiger partial charge on any atom is -0.326 e. The van der Waals surface area contributed by atoms with Gasteiger partial charge < -0.3 is 5.32 Å². The topological polar surface area (TPSA) is 70.6 Å². The summed E-state index contributed by atoms with van der Waals surface area (Å²) in [5.74, 6) is 0.0455. The van der Waals surface area contributed by atoms with Crippen molar-refractivity contribution in [2.75, 3.05) is 5.32 Å². The molecular weight excluding hydrogens is 242 g/mol. The number of carbonyl (C=O) groups is 2. The van der Waals surface area contributed by atoms with E-state index in [1.54, 1.807) is 0 Å². The number of rotatable bonds is 3. The zero-order chi connectivity index (χ0) is 13.8. The van der Waals surface area contributed by atoms with Crippen LogP contribution in [0.25, 0.3) is 0 Å². The van der Waals surface area contributed by atoms with Crippen molar-refractivity contribution in [3.8, 4) is 0 Å². The molecule has 100 valence electrons. The van der Waals surface area contributed by atoms with Gasteiger partial charge >= 0.3 is 0 Å². The second-order valence-corrected chi connectivity index (χ2v) is 4.66. The molecule has 0 bridgehead atoms. The fourth-order valence-corrected chi connectivity index (χ4v) is 2.05. The number of carbonyl (C=O) groups excluding carboxylic acids is 2. The van der Waals surface area contributed by atoms with Gasteiger partial charge in [0.05, 0.1) is 0 Å². The van der Waals surface area contributed by atoms with Crippen molar-refractivity contribution in [3.05, 3.63) is 29.8 Å². The van der Waals surface area contributed by atoms with E-state index in [4.69, 9.17) is 0 Å². The molecule has 0 spiro atoms. The van der Waals surface area contributed by atoms with Crippen molar-refractivity contribution in [1.29, 1.82) is 0 Å². The predicted octanol–water partition coefficient (Wildman–Crippen LogP) is 2.01. The van der Waals surface area contributed by atoms with E-state index in [1.165, 1.54) is 6.92 Å². The van der Waals surface area contributed by atoms with Crippen LogP contribution in [0.3, 0.4) is 0 Å². The van der Waals surface area contributed by atoms with Crippen LogP contribution in [-0.4, -0.2) is 17.5 Å². The molecule has 2 N–H and O–H groups in total. The van der Waals surface area contributed by atoms with Gasteiger partial charge in [-0.05, 0) is 24.1 Å². The third-order valence-corrected chi connectivity index (χ3v) is 3.16. The highest BCUT2D eigenvalue weighted by molar-refractivity contribution is 5.96. The smallest absolute Gasteiger partial charge is 0.240 e. The second-order valence-electron chi connectivity index (χ2n) is 4.66. The van der Waals surface area contributed by atoms with Crippen molar-refractivity contribution in [1.82, 2.24) is 5.43 Å². The van der Waals surface area contributed by atoms with Crippen LogP contribution in [0.5, 0.6) is 0 Å². The Hall–Kier alpha value is -2.17. The molecule has 1 aromatic rings. The highest BCUT2D eigenvalue weighted by Crippen LogP contribution is 2.22. The molecule has 0 radical (unpaired) electrons. The lowest BCUT2D eigenvalue weighted by molar-refractivity contribution is -0.121. The third kappa shape index (κ3) is 3.40. The van der Waals surface area contributed by atoms with Gasteiger partial charge in [0, 0.05) is 30.7 Å². The van der Waals surface area contributed by atoms with Crippen molar-refractivity contribution < 1.29 is 9.59 Å². The first kappa shape index (κ1) is 13.3. The van der Waals surface area contributed by atoms with Crippen LogP contribution in [-0.2, 0) is 9.59 Å². The molecule has 5 nitrogen and oxygen atoms in total. The minimum atomic E-state index is -0.0832. The fraction of sp³-hybridized carbons (Fsp3) is 0.357. The minimum absolute atomic E-state index is 0.0306. The quantitative estimate of drug-likeness (QED) is 0.871. The predicted molar refractivity (Wildman–Crippen MR) is 74.0 cm³/mol. The Balaban J connectivity index is 2.09. The molecule has 1 aliphatic rings. The van der Waals surface area contributed by atoms with Gasteiger partial charge in [0.1, 0.15) is 0 Å². The van der Waals surface area contributed by atoms with E-state index in [0.29, 0.717) is 12.8 Å². The van der Waals surface area contributed by atoms with Gasteiger partial charge in [-0.2, -0.15) is 5.10 Å². The van der Waals surface area contributed by atoms with E-state index in [9.17, 15) is 9.59 Å². The molecule has 0 saturated heterocycles. The van der Waals surface area contributed by atoms with Gasteiger partial charge in [-0.3, -0.25) is 9.59 Å². The molecule has 1 heterocycles. The van der Waals surface area contributed by atoms with E-state index in [1.807, 2.05) is 24.3 Å². The summed E-state index contributed by atoms with van der Waals surface area (Å²) >= 11 is 0. The summed E-state index contributed by atoms with van der Waals surface area (Å²) in [7, 11) is 0. The molecule has 1 aliphatic heterocycles. The van der Waals surface area contributed by atoms with Gasteiger partial charge in [-0.25, -0.2) is 5.43 Å². The molecule has 0 aromatic heterocycles. The SMILES string of the molecule is CC(=O)Nc1ccc(C(C)C2=NNC(=O)CC2)cc1. The summed E-state index contributed by atoms with van der Waals surface area (Å²) < 4.78 is 0. The first-order valence-corrected chi connectivity index (χ1v) is 6.29. The highest BCUT2D eigenvalue weighted by atomic mass is 16.2. The Kier molecular flexibility index (Phi) is 3.94. The highest BCUT2D eigenvalue weighted by Gasteiger charge is 2.18.